The minimum absolute atomic E-state index is 0.0922. The Labute approximate surface area is 99.8 Å². The van der Waals surface area contributed by atoms with Crippen molar-refractivity contribution in [3.8, 4) is 0 Å². The third-order valence-electron chi connectivity index (χ3n) is 1.98. The maximum atomic E-state index is 11.2. The van der Waals surface area contributed by atoms with Crippen LogP contribution in [0.1, 0.15) is 13.3 Å². The number of sulfonamides is 1. The molecule has 0 rings (SSSR count). The number of carbonyl (C=O) groups is 2. The van der Waals surface area contributed by atoms with Gasteiger partial charge in [0.15, 0.2) is 0 Å². The lowest BCUT2D eigenvalue weighted by Gasteiger charge is -2.12. The summed E-state index contributed by atoms with van der Waals surface area (Å²) in [5.74, 6) is -1.40. The van der Waals surface area contributed by atoms with Crippen LogP contribution in [0.5, 0.6) is 0 Å². The summed E-state index contributed by atoms with van der Waals surface area (Å²) in [6, 6.07) is -1.68. The number of carboxylic acids is 1. The van der Waals surface area contributed by atoms with Crippen LogP contribution < -0.4 is 15.4 Å². The zero-order valence-corrected chi connectivity index (χ0v) is 10.5. The third-order valence-corrected chi connectivity index (χ3v) is 3.34. The molecule has 1 atom stereocenters. The van der Waals surface area contributed by atoms with Crippen LogP contribution in [0.15, 0.2) is 0 Å². The van der Waals surface area contributed by atoms with E-state index in [-0.39, 0.29) is 18.7 Å². The molecule has 0 aliphatic rings. The molecule has 0 aliphatic carbocycles. The molecule has 0 heterocycles. The molecule has 0 radical (unpaired) electrons. The maximum Gasteiger partial charge on any atom is 0.326 e. The first-order chi connectivity index (χ1) is 7.82. The van der Waals surface area contributed by atoms with Gasteiger partial charge in [-0.05, 0) is 13.5 Å². The molecule has 0 spiro atoms. The van der Waals surface area contributed by atoms with Gasteiger partial charge in [-0.15, -0.1) is 0 Å². The van der Waals surface area contributed by atoms with E-state index in [1.807, 2.05) is 0 Å². The number of carbonyl (C=O) groups excluding carboxylic acids is 1. The second-order valence-corrected chi connectivity index (χ2v) is 5.27. The summed E-state index contributed by atoms with van der Waals surface area (Å²) in [6.07, 6.45) is 0.248. The van der Waals surface area contributed by atoms with Crippen LogP contribution in [-0.4, -0.2) is 50.9 Å². The van der Waals surface area contributed by atoms with Gasteiger partial charge in [0.25, 0.3) is 0 Å². The summed E-state index contributed by atoms with van der Waals surface area (Å²) < 4.78 is 24.1. The van der Waals surface area contributed by atoms with Crippen molar-refractivity contribution in [3.63, 3.8) is 0 Å². The Morgan fingerprint density at radius 1 is 1.35 bits per heavy atom. The van der Waals surface area contributed by atoms with Gasteiger partial charge in [0.1, 0.15) is 6.04 Å². The Kier molecular flexibility index (Phi) is 6.51. The minimum atomic E-state index is -3.37. The monoisotopic (exact) mass is 267 g/mol. The summed E-state index contributed by atoms with van der Waals surface area (Å²) in [6.45, 7) is 1.52. The SMILES string of the molecule is CC[C@@H](NC(=O)NCCS(=O)(=O)NC)C(=O)O. The fraction of sp³-hybridized carbons (Fsp3) is 0.750. The van der Waals surface area contributed by atoms with Crippen LogP contribution in [-0.2, 0) is 14.8 Å². The lowest BCUT2D eigenvalue weighted by atomic mass is 10.2. The molecule has 100 valence electrons. The van der Waals surface area contributed by atoms with Gasteiger partial charge in [-0.2, -0.15) is 0 Å². The highest BCUT2D eigenvalue weighted by Gasteiger charge is 2.17. The van der Waals surface area contributed by atoms with Crippen LogP contribution in [0, 0.1) is 0 Å². The van der Waals surface area contributed by atoms with E-state index in [0.717, 1.165) is 0 Å². The molecule has 0 saturated carbocycles. The topological polar surface area (TPSA) is 125 Å². The van der Waals surface area contributed by atoms with E-state index in [9.17, 15) is 18.0 Å². The lowest BCUT2D eigenvalue weighted by molar-refractivity contribution is -0.139. The molecule has 0 unspecified atom stereocenters. The van der Waals surface area contributed by atoms with Gasteiger partial charge >= 0.3 is 12.0 Å². The molecule has 17 heavy (non-hydrogen) atoms. The largest absolute Gasteiger partial charge is 0.480 e. The lowest BCUT2D eigenvalue weighted by Crippen LogP contribution is -2.47. The first-order valence-electron chi connectivity index (χ1n) is 5.00. The highest BCUT2D eigenvalue weighted by atomic mass is 32.2. The standard InChI is InChI=1S/C8H17N3O5S/c1-3-6(7(12)13)11-8(14)10-4-5-17(15,16)9-2/h6,9H,3-5H2,1-2H3,(H,12,13)(H2,10,11,14)/t6-/m1/s1. The summed E-state index contributed by atoms with van der Waals surface area (Å²) in [7, 11) is -2.10. The fourth-order valence-electron chi connectivity index (χ4n) is 0.949. The first kappa shape index (κ1) is 15.7. The van der Waals surface area contributed by atoms with Crippen LogP contribution in [0.3, 0.4) is 0 Å². The highest BCUT2D eigenvalue weighted by molar-refractivity contribution is 7.89. The molecule has 0 aromatic rings. The van der Waals surface area contributed by atoms with Crippen LogP contribution in [0.4, 0.5) is 4.79 Å². The maximum absolute atomic E-state index is 11.2. The molecule has 4 N–H and O–H groups in total. The summed E-state index contributed by atoms with van der Waals surface area (Å²) in [5.41, 5.74) is 0. The summed E-state index contributed by atoms with van der Waals surface area (Å²) >= 11 is 0. The van der Waals surface area contributed by atoms with Crippen molar-refractivity contribution >= 4 is 22.0 Å². The molecule has 2 amide bonds. The number of aliphatic carboxylic acids is 1. The van der Waals surface area contributed by atoms with Crippen molar-refractivity contribution < 1.29 is 23.1 Å². The van der Waals surface area contributed by atoms with Crippen molar-refractivity contribution in [1.29, 1.82) is 0 Å². The van der Waals surface area contributed by atoms with E-state index in [4.69, 9.17) is 5.11 Å². The number of hydrogen-bond acceptors (Lipinski definition) is 4. The predicted molar refractivity (Wildman–Crippen MR) is 61.1 cm³/mol. The zero-order chi connectivity index (χ0) is 13.5. The average Bonchev–Trinajstić information content (AvgIpc) is 2.25. The van der Waals surface area contributed by atoms with Gasteiger partial charge in [-0.3, -0.25) is 0 Å². The van der Waals surface area contributed by atoms with Gasteiger partial charge in [0.05, 0.1) is 5.75 Å². The Morgan fingerprint density at radius 2 is 1.94 bits per heavy atom. The van der Waals surface area contributed by atoms with Crippen molar-refractivity contribution in [1.82, 2.24) is 15.4 Å². The second kappa shape index (κ2) is 7.07. The quantitative estimate of drug-likeness (QED) is 0.456. The molecule has 0 aromatic carbocycles. The van der Waals surface area contributed by atoms with Crippen LogP contribution in [0.2, 0.25) is 0 Å². The Morgan fingerprint density at radius 3 is 2.35 bits per heavy atom. The van der Waals surface area contributed by atoms with Crippen LogP contribution >= 0.6 is 0 Å². The highest BCUT2D eigenvalue weighted by Crippen LogP contribution is 1.90. The van der Waals surface area contributed by atoms with Crippen LogP contribution in [0.25, 0.3) is 0 Å². The van der Waals surface area contributed by atoms with E-state index in [1.165, 1.54) is 7.05 Å². The minimum Gasteiger partial charge on any atom is -0.480 e. The Bertz CT molecular complexity index is 367. The van der Waals surface area contributed by atoms with Gasteiger partial charge in [-0.25, -0.2) is 22.7 Å². The number of urea groups is 1. The van der Waals surface area contributed by atoms with E-state index in [1.54, 1.807) is 6.92 Å². The molecule has 0 aliphatic heterocycles. The van der Waals surface area contributed by atoms with E-state index >= 15 is 0 Å². The van der Waals surface area contributed by atoms with E-state index in [2.05, 4.69) is 15.4 Å². The van der Waals surface area contributed by atoms with Gasteiger partial charge in [0.2, 0.25) is 10.0 Å². The number of nitrogens with one attached hydrogen (secondary N) is 3. The number of amides is 2. The third kappa shape index (κ3) is 6.74. The number of hydrogen-bond donors (Lipinski definition) is 4. The summed E-state index contributed by atoms with van der Waals surface area (Å²) in [4.78, 5) is 21.8. The molecule has 0 bridgehead atoms. The Balaban J connectivity index is 4.00. The predicted octanol–water partition coefficient (Wildman–Crippen LogP) is -1.30. The smallest absolute Gasteiger partial charge is 0.326 e. The molecule has 8 nitrogen and oxygen atoms in total. The van der Waals surface area contributed by atoms with Gasteiger partial charge in [-0.1, -0.05) is 6.92 Å². The molecular formula is C8H17N3O5S. The molecule has 0 fully saturated rings. The zero-order valence-electron chi connectivity index (χ0n) is 9.69. The van der Waals surface area contributed by atoms with Gasteiger partial charge in [0, 0.05) is 6.54 Å². The van der Waals surface area contributed by atoms with Crippen molar-refractivity contribution in [2.75, 3.05) is 19.3 Å². The second-order valence-electron chi connectivity index (χ2n) is 3.22. The number of carboxylic acid groups (broad SMARTS) is 1. The first-order valence-corrected chi connectivity index (χ1v) is 6.66. The average molecular weight is 267 g/mol. The van der Waals surface area contributed by atoms with E-state index in [0.29, 0.717) is 0 Å². The molecular weight excluding hydrogens is 250 g/mol. The molecule has 0 saturated heterocycles. The summed E-state index contributed by atoms with van der Waals surface area (Å²) in [5, 5.41) is 13.1. The van der Waals surface area contributed by atoms with Crippen molar-refractivity contribution in [2.24, 2.45) is 0 Å². The van der Waals surface area contributed by atoms with Gasteiger partial charge < -0.3 is 15.7 Å². The van der Waals surface area contributed by atoms with E-state index < -0.39 is 28.1 Å². The molecule has 9 heteroatoms. The normalized spacial score (nSPS) is 12.8. The van der Waals surface area contributed by atoms with Crippen molar-refractivity contribution in [3.05, 3.63) is 0 Å². The Hall–Kier alpha value is -1.35. The van der Waals surface area contributed by atoms with Crippen molar-refractivity contribution in [2.45, 2.75) is 19.4 Å². The molecule has 0 aromatic heterocycles. The number of rotatable bonds is 7. The fourth-order valence-corrected chi connectivity index (χ4v) is 1.52.